The van der Waals surface area contributed by atoms with Crippen LogP contribution in [0.25, 0.3) is 0 Å². The Morgan fingerprint density at radius 2 is 1.91 bits per heavy atom. The molecule has 1 saturated heterocycles. The number of nitrogens with one attached hydrogen (secondary N) is 1. The predicted molar refractivity (Wildman–Crippen MR) is 109 cm³/mol. The highest BCUT2D eigenvalue weighted by molar-refractivity contribution is 5.98. The van der Waals surface area contributed by atoms with Crippen molar-refractivity contribution in [1.29, 1.82) is 0 Å². The number of hydrogen-bond donors (Lipinski definition) is 1. The van der Waals surface area contributed by atoms with E-state index in [9.17, 15) is 22.8 Å². The Bertz CT molecular complexity index is 975. The molecule has 170 valence electrons. The molecule has 2 aliphatic rings. The fourth-order valence-corrected chi connectivity index (χ4v) is 4.44. The van der Waals surface area contributed by atoms with Crippen LogP contribution in [-0.2, 0) is 22.3 Å². The van der Waals surface area contributed by atoms with Crippen LogP contribution in [0.15, 0.2) is 48.7 Å². The molecule has 1 atom stereocenters. The molecule has 0 radical (unpaired) electrons. The van der Waals surface area contributed by atoms with Crippen molar-refractivity contribution in [3.8, 4) is 0 Å². The first-order valence-corrected chi connectivity index (χ1v) is 10.6. The SMILES string of the molecule is O=C(NCc1ccccn1)C1COC2(CCCCC2)N1C(=O)c1cccc(C(F)(F)F)c1. The van der Waals surface area contributed by atoms with Gasteiger partial charge in [0.1, 0.15) is 11.8 Å². The van der Waals surface area contributed by atoms with E-state index in [1.807, 2.05) is 0 Å². The van der Waals surface area contributed by atoms with E-state index in [-0.39, 0.29) is 18.7 Å². The predicted octanol–water partition coefficient (Wildman–Crippen LogP) is 3.92. The Morgan fingerprint density at radius 1 is 1.12 bits per heavy atom. The van der Waals surface area contributed by atoms with Crippen LogP contribution < -0.4 is 5.32 Å². The quantitative estimate of drug-likeness (QED) is 0.771. The molecule has 1 aromatic heterocycles. The number of carbonyl (C=O) groups excluding carboxylic acids is 2. The molecule has 6 nitrogen and oxygen atoms in total. The minimum Gasteiger partial charge on any atom is -0.353 e. The van der Waals surface area contributed by atoms with Crippen LogP contribution in [-0.4, -0.2) is 40.1 Å². The number of amides is 2. The molecule has 32 heavy (non-hydrogen) atoms. The zero-order valence-corrected chi connectivity index (χ0v) is 17.4. The number of rotatable bonds is 4. The molecule has 2 aromatic rings. The summed E-state index contributed by atoms with van der Waals surface area (Å²) in [6.07, 6.45) is 0.737. The van der Waals surface area contributed by atoms with Gasteiger partial charge in [-0.3, -0.25) is 19.5 Å². The Hall–Kier alpha value is -2.94. The summed E-state index contributed by atoms with van der Waals surface area (Å²) < 4.78 is 45.6. The van der Waals surface area contributed by atoms with E-state index in [2.05, 4.69) is 10.3 Å². The molecular formula is C23H24F3N3O3. The van der Waals surface area contributed by atoms with Gasteiger partial charge < -0.3 is 10.1 Å². The van der Waals surface area contributed by atoms with Crippen LogP contribution in [0.3, 0.4) is 0 Å². The molecule has 2 heterocycles. The number of halogens is 3. The summed E-state index contributed by atoms with van der Waals surface area (Å²) in [6.45, 7) is 0.174. The van der Waals surface area contributed by atoms with Gasteiger partial charge in [-0.15, -0.1) is 0 Å². The molecule has 1 aliphatic carbocycles. The summed E-state index contributed by atoms with van der Waals surface area (Å²) >= 11 is 0. The molecule has 4 rings (SSSR count). The molecule has 1 N–H and O–H groups in total. The number of benzene rings is 1. The Kier molecular flexibility index (Phi) is 6.19. The third-order valence-electron chi connectivity index (χ3n) is 6.02. The van der Waals surface area contributed by atoms with Gasteiger partial charge in [0.05, 0.1) is 24.4 Å². The first-order valence-electron chi connectivity index (χ1n) is 10.6. The minimum absolute atomic E-state index is 0.00124. The molecular weight excluding hydrogens is 423 g/mol. The van der Waals surface area contributed by atoms with Crippen molar-refractivity contribution in [2.75, 3.05) is 6.61 Å². The second-order valence-corrected chi connectivity index (χ2v) is 8.13. The molecule has 1 saturated carbocycles. The van der Waals surface area contributed by atoms with Gasteiger partial charge in [-0.05, 0) is 56.0 Å². The molecule has 1 spiro atoms. The van der Waals surface area contributed by atoms with Gasteiger partial charge in [0.25, 0.3) is 5.91 Å². The molecule has 1 aliphatic heterocycles. The smallest absolute Gasteiger partial charge is 0.353 e. The van der Waals surface area contributed by atoms with Gasteiger partial charge in [0.15, 0.2) is 0 Å². The van der Waals surface area contributed by atoms with E-state index >= 15 is 0 Å². The van der Waals surface area contributed by atoms with Crippen molar-refractivity contribution >= 4 is 11.8 Å². The van der Waals surface area contributed by atoms with E-state index in [0.29, 0.717) is 18.5 Å². The van der Waals surface area contributed by atoms with Gasteiger partial charge >= 0.3 is 6.18 Å². The number of ether oxygens (including phenoxy) is 1. The van der Waals surface area contributed by atoms with Crippen molar-refractivity contribution in [3.63, 3.8) is 0 Å². The number of alkyl halides is 3. The summed E-state index contributed by atoms with van der Waals surface area (Å²) in [5.41, 5.74) is -1.34. The van der Waals surface area contributed by atoms with Crippen LogP contribution in [0.5, 0.6) is 0 Å². The van der Waals surface area contributed by atoms with Crippen LogP contribution in [0, 0.1) is 0 Å². The number of hydrogen-bond acceptors (Lipinski definition) is 4. The largest absolute Gasteiger partial charge is 0.416 e. The van der Waals surface area contributed by atoms with E-state index in [4.69, 9.17) is 4.74 Å². The fourth-order valence-electron chi connectivity index (χ4n) is 4.44. The Balaban J connectivity index is 1.61. The summed E-state index contributed by atoms with van der Waals surface area (Å²) in [6, 6.07) is 8.70. The number of aromatic nitrogens is 1. The van der Waals surface area contributed by atoms with Gasteiger partial charge in [-0.2, -0.15) is 13.2 Å². The maximum Gasteiger partial charge on any atom is 0.416 e. The van der Waals surface area contributed by atoms with Gasteiger partial charge in [0.2, 0.25) is 5.91 Å². The van der Waals surface area contributed by atoms with Crippen LogP contribution in [0.4, 0.5) is 13.2 Å². The van der Waals surface area contributed by atoms with Crippen molar-refractivity contribution in [1.82, 2.24) is 15.2 Å². The molecule has 9 heteroatoms. The second-order valence-electron chi connectivity index (χ2n) is 8.13. The summed E-state index contributed by atoms with van der Waals surface area (Å²) in [4.78, 5) is 32.0. The maximum atomic E-state index is 13.5. The van der Waals surface area contributed by atoms with Crippen molar-refractivity contribution in [2.24, 2.45) is 0 Å². The van der Waals surface area contributed by atoms with Crippen LogP contribution in [0.1, 0.15) is 53.7 Å². The second kappa shape index (κ2) is 8.90. The fraction of sp³-hybridized carbons (Fsp3) is 0.435. The molecule has 1 aromatic carbocycles. The lowest BCUT2D eigenvalue weighted by atomic mass is 9.89. The van der Waals surface area contributed by atoms with Gasteiger partial charge in [-0.1, -0.05) is 18.6 Å². The highest BCUT2D eigenvalue weighted by Gasteiger charge is 2.53. The summed E-state index contributed by atoms with van der Waals surface area (Å²) in [5.74, 6) is -1.05. The van der Waals surface area contributed by atoms with Gasteiger partial charge in [-0.25, -0.2) is 0 Å². The molecule has 2 amide bonds. The number of pyridine rings is 1. The van der Waals surface area contributed by atoms with E-state index in [1.54, 1.807) is 24.4 Å². The highest BCUT2D eigenvalue weighted by Crippen LogP contribution is 2.41. The monoisotopic (exact) mass is 447 g/mol. The van der Waals surface area contributed by atoms with Crippen LogP contribution in [0.2, 0.25) is 0 Å². The number of nitrogens with zero attached hydrogens (tertiary/aromatic N) is 2. The molecule has 2 fully saturated rings. The summed E-state index contributed by atoms with van der Waals surface area (Å²) in [7, 11) is 0. The Labute approximate surface area is 183 Å². The first-order chi connectivity index (χ1) is 15.3. The molecule has 0 bridgehead atoms. The topological polar surface area (TPSA) is 71.5 Å². The van der Waals surface area contributed by atoms with Crippen LogP contribution >= 0.6 is 0 Å². The zero-order valence-electron chi connectivity index (χ0n) is 17.4. The lowest BCUT2D eigenvalue weighted by Crippen LogP contribution is -2.56. The standard InChI is InChI=1S/C23H24F3N3O3/c24-23(25,26)17-8-6-7-16(13-17)21(31)29-19(15-32-22(29)10-3-1-4-11-22)20(30)28-14-18-9-2-5-12-27-18/h2,5-9,12-13,19H,1,3-4,10-11,14-15H2,(H,28,30). The lowest BCUT2D eigenvalue weighted by Gasteiger charge is -2.41. The van der Waals surface area contributed by atoms with E-state index in [1.165, 1.54) is 17.0 Å². The Morgan fingerprint density at radius 3 is 2.59 bits per heavy atom. The summed E-state index contributed by atoms with van der Waals surface area (Å²) in [5, 5.41) is 2.78. The average Bonchev–Trinajstić information content (AvgIpc) is 3.16. The number of carbonyl (C=O) groups is 2. The lowest BCUT2D eigenvalue weighted by molar-refractivity contribution is -0.137. The maximum absolute atomic E-state index is 13.5. The third-order valence-corrected chi connectivity index (χ3v) is 6.02. The van der Waals surface area contributed by atoms with Crippen molar-refractivity contribution in [2.45, 2.75) is 56.6 Å². The normalized spacial score (nSPS) is 20.3. The minimum atomic E-state index is -4.57. The van der Waals surface area contributed by atoms with Crippen molar-refractivity contribution < 1.29 is 27.5 Å². The van der Waals surface area contributed by atoms with E-state index < -0.39 is 35.3 Å². The zero-order chi connectivity index (χ0) is 22.8. The highest BCUT2D eigenvalue weighted by atomic mass is 19.4. The third kappa shape index (κ3) is 4.48. The van der Waals surface area contributed by atoms with Gasteiger partial charge in [0, 0.05) is 11.8 Å². The molecule has 1 unspecified atom stereocenters. The van der Waals surface area contributed by atoms with E-state index in [0.717, 1.165) is 31.4 Å². The first kappa shape index (κ1) is 22.3. The van der Waals surface area contributed by atoms with Crippen molar-refractivity contribution in [3.05, 3.63) is 65.5 Å². The average molecular weight is 447 g/mol.